The Bertz CT molecular complexity index is 391. The molecule has 0 radical (unpaired) electrons. The molecule has 1 aliphatic carbocycles. The number of rotatable bonds is 7. The van der Waals surface area contributed by atoms with Crippen molar-refractivity contribution in [1.82, 2.24) is 9.88 Å². The summed E-state index contributed by atoms with van der Waals surface area (Å²) >= 11 is 0. The Kier molecular flexibility index (Phi) is 4.24. The maximum Gasteiger partial charge on any atom is 0.0754 e. The summed E-state index contributed by atoms with van der Waals surface area (Å²) < 4.78 is 8.03. The SMILES string of the molecule is CCCNC(c1ccn(CC2CCCO2)c1)C1CC1. The first-order valence-electron chi connectivity index (χ1n) is 7.87. The van der Waals surface area contributed by atoms with E-state index in [-0.39, 0.29) is 0 Å². The second kappa shape index (κ2) is 6.10. The van der Waals surface area contributed by atoms with Crippen LogP contribution in [0.3, 0.4) is 0 Å². The van der Waals surface area contributed by atoms with Crippen molar-refractivity contribution in [2.75, 3.05) is 13.2 Å². The van der Waals surface area contributed by atoms with Gasteiger partial charge in [0.2, 0.25) is 0 Å². The van der Waals surface area contributed by atoms with E-state index in [1.807, 2.05) is 0 Å². The zero-order valence-electron chi connectivity index (χ0n) is 12.0. The van der Waals surface area contributed by atoms with Crippen molar-refractivity contribution in [1.29, 1.82) is 0 Å². The van der Waals surface area contributed by atoms with Crippen LogP contribution in [0.25, 0.3) is 0 Å². The van der Waals surface area contributed by atoms with Gasteiger partial charge in [-0.25, -0.2) is 0 Å². The molecule has 1 saturated carbocycles. The molecule has 2 atom stereocenters. The monoisotopic (exact) mass is 262 g/mol. The number of nitrogens with zero attached hydrogens (tertiary/aromatic N) is 1. The number of ether oxygens (including phenoxy) is 1. The largest absolute Gasteiger partial charge is 0.376 e. The van der Waals surface area contributed by atoms with Crippen LogP contribution in [-0.2, 0) is 11.3 Å². The van der Waals surface area contributed by atoms with Crippen molar-refractivity contribution < 1.29 is 4.74 Å². The fraction of sp³-hybridized carbons (Fsp3) is 0.750. The van der Waals surface area contributed by atoms with Crippen LogP contribution in [-0.4, -0.2) is 23.8 Å². The van der Waals surface area contributed by atoms with Gasteiger partial charge in [0, 0.05) is 31.6 Å². The average molecular weight is 262 g/mol. The van der Waals surface area contributed by atoms with Gasteiger partial charge in [-0.3, -0.25) is 0 Å². The molecule has 1 saturated heterocycles. The summed E-state index contributed by atoms with van der Waals surface area (Å²) in [6, 6.07) is 2.87. The van der Waals surface area contributed by atoms with Crippen LogP contribution < -0.4 is 5.32 Å². The molecule has 106 valence electrons. The molecule has 2 unspecified atom stereocenters. The Morgan fingerprint density at radius 2 is 2.32 bits per heavy atom. The molecule has 1 N–H and O–H groups in total. The van der Waals surface area contributed by atoms with Gasteiger partial charge in [-0.15, -0.1) is 0 Å². The van der Waals surface area contributed by atoms with E-state index in [1.165, 1.54) is 37.7 Å². The molecule has 3 rings (SSSR count). The summed E-state index contributed by atoms with van der Waals surface area (Å²) in [5.74, 6) is 0.866. The molecule has 2 heterocycles. The molecule has 0 bridgehead atoms. The Morgan fingerprint density at radius 3 is 3.00 bits per heavy atom. The van der Waals surface area contributed by atoms with E-state index in [9.17, 15) is 0 Å². The molecule has 0 aromatic carbocycles. The third-order valence-corrected chi connectivity index (χ3v) is 4.28. The molecule has 1 aliphatic heterocycles. The fourth-order valence-electron chi connectivity index (χ4n) is 3.07. The number of hydrogen-bond acceptors (Lipinski definition) is 2. The average Bonchev–Trinajstić information content (AvgIpc) is 2.93. The van der Waals surface area contributed by atoms with E-state index in [1.54, 1.807) is 0 Å². The minimum atomic E-state index is 0.434. The lowest BCUT2D eigenvalue weighted by atomic mass is 10.1. The molecule has 3 nitrogen and oxygen atoms in total. The Hall–Kier alpha value is -0.800. The van der Waals surface area contributed by atoms with Crippen LogP contribution in [0.4, 0.5) is 0 Å². The Labute approximate surface area is 116 Å². The Morgan fingerprint density at radius 1 is 1.42 bits per heavy atom. The number of hydrogen-bond donors (Lipinski definition) is 1. The van der Waals surface area contributed by atoms with Crippen LogP contribution in [0.15, 0.2) is 18.5 Å². The lowest BCUT2D eigenvalue weighted by Crippen LogP contribution is -2.23. The molecular formula is C16H26N2O. The summed E-state index contributed by atoms with van der Waals surface area (Å²) in [6.45, 7) is 5.32. The van der Waals surface area contributed by atoms with Crippen LogP contribution in [0, 0.1) is 5.92 Å². The van der Waals surface area contributed by atoms with E-state index in [0.717, 1.165) is 25.6 Å². The minimum Gasteiger partial charge on any atom is -0.376 e. The molecule has 2 fully saturated rings. The van der Waals surface area contributed by atoms with Crippen molar-refractivity contribution in [3.05, 3.63) is 24.0 Å². The van der Waals surface area contributed by atoms with E-state index in [0.29, 0.717) is 12.1 Å². The zero-order valence-corrected chi connectivity index (χ0v) is 12.0. The molecule has 1 aromatic rings. The van der Waals surface area contributed by atoms with Crippen LogP contribution >= 0.6 is 0 Å². The maximum atomic E-state index is 5.71. The smallest absolute Gasteiger partial charge is 0.0754 e. The zero-order chi connectivity index (χ0) is 13.1. The maximum absolute atomic E-state index is 5.71. The van der Waals surface area contributed by atoms with Gasteiger partial charge in [0.25, 0.3) is 0 Å². The van der Waals surface area contributed by atoms with E-state index < -0.39 is 0 Å². The third-order valence-electron chi connectivity index (χ3n) is 4.28. The summed E-state index contributed by atoms with van der Waals surface area (Å²) in [6.07, 6.45) is 11.4. The van der Waals surface area contributed by atoms with Gasteiger partial charge in [-0.1, -0.05) is 6.92 Å². The van der Waals surface area contributed by atoms with Gasteiger partial charge in [0.05, 0.1) is 6.10 Å². The third kappa shape index (κ3) is 3.40. The molecule has 0 amide bonds. The summed E-state index contributed by atoms with van der Waals surface area (Å²) in [4.78, 5) is 0. The van der Waals surface area contributed by atoms with Crippen molar-refractivity contribution in [2.24, 2.45) is 5.92 Å². The predicted molar refractivity (Wildman–Crippen MR) is 77.2 cm³/mol. The highest BCUT2D eigenvalue weighted by Crippen LogP contribution is 2.41. The normalized spacial score (nSPS) is 24.8. The van der Waals surface area contributed by atoms with Crippen molar-refractivity contribution in [3.8, 4) is 0 Å². The van der Waals surface area contributed by atoms with E-state index in [2.05, 4.69) is 35.3 Å². The molecule has 2 aliphatic rings. The van der Waals surface area contributed by atoms with E-state index >= 15 is 0 Å². The van der Waals surface area contributed by atoms with Crippen molar-refractivity contribution in [2.45, 2.75) is 57.7 Å². The highest BCUT2D eigenvalue weighted by molar-refractivity contribution is 5.18. The Balaban J connectivity index is 1.61. The summed E-state index contributed by atoms with van der Waals surface area (Å²) in [5.41, 5.74) is 1.47. The molecule has 3 heteroatoms. The summed E-state index contributed by atoms with van der Waals surface area (Å²) in [7, 11) is 0. The highest BCUT2D eigenvalue weighted by atomic mass is 16.5. The van der Waals surface area contributed by atoms with Gasteiger partial charge in [0.15, 0.2) is 0 Å². The first-order valence-corrected chi connectivity index (χ1v) is 7.87. The van der Waals surface area contributed by atoms with E-state index in [4.69, 9.17) is 4.74 Å². The number of aromatic nitrogens is 1. The molecule has 19 heavy (non-hydrogen) atoms. The lowest BCUT2D eigenvalue weighted by molar-refractivity contribution is 0.0971. The van der Waals surface area contributed by atoms with Crippen LogP contribution in [0.2, 0.25) is 0 Å². The molecule has 1 aromatic heterocycles. The van der Waals surface area contributed by atoms with Gasteiger partial charge in [-0.2, -0.15) is 0 Å². The standard InChI is InChI=1S/C16H26N2O/c1-2-8-17-16(13-5-6-13)14-7-9-18(11-14)12-15-4-3-10-19-15/h7,9,11,13,15-17H,2-6,8,10,12H2,1H3. The topological polar surface area (TPSA) is 26.2 Å². The van der Waals surface area contributed by atoms with Crippen molar-refractivity contribution >= 4 is 0 Å². The minimum absolute atomic E-state index is 0.434. The first kappa shape index (κ1) is 13.2. The molecular weight excluding hydrogens is 236 g/mol. The highest BCUT2D eigenvalue weighted by Gasteiger charge is 2.32. The summed E-state index contributed by atoms with van der Waals surface area (Å²) in [5, 5.41) is 3.71. The quantitative estimate of drug-likeness (QED) is 0.817. The second-order valence-corrected chi connectivity index (χ2v) is 6.05. The predicted octanol–water partition coefficient (Wildman–Crippen LogP) is 3.12. The van der Waals surface area contributed by atoms with Gasteiger partial charge >= 0.3 is 0 Å². The van der Waals surface area contributed by atoms with Crippen LogP contribution in [0.5, 0.6) is 0 Å². The molecule has 0 spiro atoms. The van der Waals surface area contributed by atoms with Gasteiger partial charge in [-0.05, 0) is 56.2 Å². The van der Waals surface area contributed by atoms with Gasteiger partial charge in [0.1, 0.15) is 0 Å². The van der Waals surface area contributed by atoms with Crippen molar-refractivity contribution in [3.63, 3.8) is 0 Å². The van der Waals surface area contributed by atoms with Crippen LogP contribution in [0.1, 0.15) is 50.6 Å². The lowest BCUT2D eigenvalue weighted by Gasteiger charge is -2.17. The fourth-order valence-corrected chi connectivity index (χ4v) is 3.07. The first-order chi connectivity index (χ1) is 9.36. The second-order valence-electron chi connectivity index (χ2n) is 6.05. The number of nitrogens with one attached hydrogen (secondary N) is 1. The van der Waals surface area contributed by atoms with Gasteiger partial charge < -0.3 is 14.6 Å².